The number of nitrogens with zero attached hydrogens (tertiary/aromatic N) is 2. The summed E-state index contributed by atoms with van der Waals surface area (Å²) in [5.41, 5.74) is 1.68. The van der Waals surface area contributed by atoms with Crippen molar-refractivity contribution in [2.75, 3.05) is 13.1 Å². The molecule has 1 aliphatic rings. The van der Waals surface area contributed by atoms with Gasteiger partial charge in [0.1, 0.15) is 11.3 Å². The Kier molecular flexibility index (Phi) is 5.47. The molecule has 1 unspecified atom stereocenters. The van der Waals surface area contributed by atoms with Crippen LogP contribution in [0.2, 0.25) is 10.0 Å². The molecule has 1 fully saturated rings. The number of fused-ring (bicyclic) bond motifs is 1. The number of halogens is 2. The van der Waals surface area contributed by atoms with E-state index in [0.29, 0.717) is 28.9 Å². The van der Waals surface area contributed by atoms with Crippen molar-refractivity contribution in [3.05, 3.63) is 58.4 Å². The van der Waals surface area contributed by atoms with Crippen LogP contribution in [-0.2, 0) is 4.79 Å². The number of likely N-dealkylation sites (tertiary alicyclic amines) is 1. The third-order valence-corrected chi connectivity index (χ3v) is 5.54. The number of rotatable bonds is 4. The lowest BCUT2D eigenvalue weighted by atomic mass is 9.96. The molecule has 0 aliphatic carbocycles. The molecule has 2 heterocycles. The van der Waals surface area contributed by atoms with Gasteiger partial charge in [0.2, 0.25) is 0 Å². The first-order valence-electron chi connectivity index (χ1n) is 9.27. The van der Waals surface area contributed by atoms with Crippen molar-refractivity contribution < 1.29 is 13.9 Å². The van der Waals surface area contributed by atoms with Crippen LogP contribution < -0.4 is 4.74 Å². The second-order valence-corrected chi connectivity index (χ2v) is 7.80. The fourth-order valence-electron chi connectivity index (χ4n) is 3.48. The van der Waals surface area contributed by atoms with Crippen LogP contribution in [0.5, 0.6) is 5.75 Å². The summed E-state index contributed by atoms with van der Waals surface area (Å²) in [4.78, 5) is 19.2. The minimum atomic E-state index is -0.625. The van der Waals surface area contributed by atoms with E-state index in [2.05, 4.69) is 4.98 Å². The van der Waals surface area contributed by atoms with Crippen molar-refractivity contribution in [1.82, 2.24) is 9.88 Å². The van der Waals surface area contributed by atoms with Gasteiger partial charge in [-0.2, -0.15) is 0 Å². The Hall–Kier alpha value is -2.24. The van der Waals surface area contributed by atoms with E-state index in [-0.39, 0.29) is 11.8 Å². The maximum absolute atomic E-state index is 12.8. The second kappa shape index (κ2) is 8.02. The van der Waals surface area contributed by atoms with Crippen LogP contribution in [0.15, 0.2) is 46.9 Å². The molecule has 0 radical (unpaired) electrons. The fraction of sp³-hybridized carbons (Fsp3) is 0.333. The van der Waals surface area contributed by atoms with Gasteiger partial charge in [-0.3, -0.25) is 4.79 Å². The highest BCUT2D eigenvalue weighted by atomic mass is 35.5. The topological polar surface area (TPSA) is 55.6 Å². The van der Waals surface area contributed by atoms with Crippen LogP contribution in [0.1, 0.15) is 31.6 Å². The number of benzene rings is 2. The lowest BCUT2D eigenvalue weighted by molar-refractivity contribution is -0.139. The van der Waals surface area contributed by atoms with Crippen molar-refractivity contribution in [1.29, 1.82) is 0 Å². The Morgan fingerprint density at radius 2 is 1.96 bits per heavy atom. The van der Waals surface area contributed by atoms with Gasteiger partial charge in [-0.25, -0.2) is 4.98 Å². The lowest BCUT2D eigenvalue weighted by Gasteiger charge is -2.32. The Labute approximate surface area is 173 Å². The van der Waals surface area contributed by atoms with Gasteiger partial charge < -0.3 is 14.1 Å². The summed E-state index contributed by atoms with van der Waals surface area (Å²) in [6.45, 7) is 3.02. The molecule has 1 aliphatic heterocycles. The summed E-state index contributed by atoms with van der Waals surface area (Å²) in [6, 6.07) is 12.7. The molecule has 1 saturated heterocycles. The lowest BCUT2D eigenvalue weighted by Crippen LogP contribution is -2.44. The number of oxazole rings is 1. The molecule has 0 saturated carbocycles. The number of para-hydroxylation sites is 2. The van der Waals surface area contributed by atoms with E-state index >= 15 is 0 Å². The van der Waals surface area contributed by atoms with Crippen LogP contribution >= 0.6 is 23.2 Å². The van der Waals surface area contributed by atoms with Crippen molar-refractivity contribution in [3.8, 4) is 5.75 Å². The third kappa shape index (κ3) is 3.96. The van der Waals surface area contributed by atoms with Gasteiger partial charge in [-0.15, -0.1) is 0 Å². The zero-order valence-electron chi connectivity index (χ0n) is 15.4. The van der Waals surface area contributed by atoms with E-state index in [9.17, 15) is 4.79 Å². The summed E-state index contributed by atoms with van der Waals surface area (Å²) in [5, 5.41) is 0.916. The van der Waals surface area contributed by atoms with Crippen LogP contribution in [0.3, 0.4) is 0 Å². The quantitative estimate of drug-likeness (QED) is 0.575. The number of piperidine rings is 1. The number of amides is 1. The van der Waals surface area contributed by atoms with Gasteiger partial charge in [-0.1, -0.05) is 35.3 Å². The highest BCUT2D eigenvalue weighted by Gasteiger charge is 2.30. The van der Waals surface area contributed by atoms with Crippen molar-refractivity contribution >= 4 is 40.2 Å². The number of carbonyl (C=O) groups is 1. The van der Waals surface area contributed by atoms with E-state index in [1.807, 2.05) is 29.2 Å². The second-order valence-electron chi connectivity index (χ2n) is 6.95. The molecule has 1 aromatic heterocycles. The van der Waals surface area contributed by atoms with E-state index in [4.69, 9.17) is 32.4 Å². The largest absolute Gasteiger partial charge is 0.479 e. The summed E-state index contributed by atoms with van der Waals surface area (Å²) in [7, 11) is 0. The highest BCUT2D eigenvalue weighted by Crippen LogP contribution is 2.31. The molecule has 146 valence electrons. The number of hydrogen-bond donors (Lipinski definition) is 0. The fourth-order valence-corrected chi connectivity index (χ4v) is 3.93. The van der Waals surface area contributed by atoms with Crippen molar-refractivity contribution in [2.45, 2.75) is 31.8 Å². The summed E-state index contributed by atoms with van der Waals surface area (Å²) < 4.78 is 11.6. The molecule has 0 bridgehead atoms. The first-order chi connectivity index (χ1) is 13.5. The number of aromatic nitrogens is 1. The first kappa shape index (κ1) is 19.1. The SMILES string of the molecule is CC(Oc1ccc(Cl)cc1Cl)C(=O)N1CCC(c2nc3ccccc3o2)CC1. The molecule has 2 aromatic carbocycles. The van der Waals surface area contributed by atoms with Crippen LogP contribution in [0, 0.1) is 0 Å². The van der Waals surface area contributed by atoms with Gasteiger partial charge in [0.15, 0.2) is 17.6 Å². The van der Waals surface area contributed by atoms with Crippen molar-refractivity contribution in [2.24, 2.45) is 0 Å². The summed E-state index contributed by atoms with van der Waals surface area (Å²) >= 11 is 12.0. The Morgan fingerprint density at radius 1 is 1.21 bits per heavy atom. The molecule has 5 nitrogen and oxygen atoms in total. The van der Waals surface area contributed by atoms with Gasteiger partial charge in [0.05, 0.1) is 5.02 Å². The predicted octanol–water partition coefficient (Wildman–Crippen LogP) is 5.31. The standard InChI is InChI=1S/C21H20Cl2N2O3/c1-13(27-18-7-6-15(22)12-16(18)23)21(26)25-10-8-14(9-11-25)20-24-17-4-2-3-5-19(17)28-20/h2-7,12-14H,8-11H2,1H3. The number of ether oxygens (including phenoxy) is 1. The smallest absolute Gasteiger partial charge is 0.263 e. The first-order valence-corrected chi connectivity index (χ1v) is 10.0. The highest BCUT2D eigenvalue weighted by molar-refractivity contribution is 6.35. The Balaban J connectivity index is 1.36. The van der Waals surface area contributed by atoms with Crippen molar-refractivity contribution in [3.63, 3.8) is 0 Å². The predicted molar refractivity (Wildman–Crippen MR) is 109 cm³/mol. The molecular weight excluding hydrogens is 399 g/mol. The molecule has 3 aromatic rings. The molecule has 7 heteroatoms. The van der Waals surface area contributed by atoms with E-state index < -0.39 is 6.10 Å². The van der Waals surface area contributed by atoms with Gasteiger partial charge in [0.25, 0.3) is 5.91 Å². The van der Waals surface area contributed by atoms with Gasteiger partial charge >= 0.3 is 0 Å². The summed E-state index contributed by atoms with van der Waals surface area (Å²) in [6.07, 6.45) is 1.000. The third-order valence-electron chi connectivity index (χ3n) is 5.01. The molecular formula is C21H20Cl2N2O3. The maximum Gasteiger partial charge on any atom is 0.263 e. The van der Waals surface area contributed by atoms with Crippen LogP contribution in [0.4, 0.5) is 0 Å². The molecule has 1 amide bonds. The molecule has 1 atom stereocenters. The average Bonchev–Trinajstić information content (AvgIpc) is 3.14. The van der Waals surface area contributed by atoms with Crippen LogP contribution in [0.25, 0.3) is 11.1 Å². The van der Waals surface area contributed by atoms with Crippen LogP contribution in [-0.4, -0.2) is 35.0 Å². The van der Waals surface area contributed by atoms with Gasteiger partial charge in [-0.05, 0) is 50.1 Å². The minimum Gasteiger partial charge on any atom is -0.479 e. The average molecular weight is 419 g/mol. The Morgan fingerprint density at radius 3 is 2.68 bits per heavy atom. The normalized spacial score (nSPS) is 16.3. The zero-order chi connectivity index (χ0) is 19.7. The van der Waals surface area contributed by atoms with E-state index in [1.165, 1.54) is 0 Å². The summed E-state index contributed by atoms with van der Waals surface area (Å²) in [5.74, 6) is 1.37. The molecule has 0 N–H and O–H groups in total. The molecule has 0 spiro atoms. The maximum atomic E-state index is 12.8. The molecule has 4 rings (SSSR count). The zero-order valence-corrected chi connectivity index (χ0v) is 16.9. The van der Waals surface area contributed by atoms with Gasteiger partial charge in [0, 0.05) is 24.0 Å². The molecule has 28 heavy (non-hydrogen) atoms. The van der Waals surface area contributed by atoms with E-state index in [1.54, 1.807) is 25.1 Å². The minimum absolute atomic E-state index is 0.0537. The monoisotopic (exact) mass is 418 g/mol. The van der Waals surface area contributed by atoms with E-state index in [0.717, 1.165) is 29.8 Å². The Bertz CT molecular complexity index is 963. The number of hydrogen-bond acceptors (Lipinski definition) is 4. The number of carbonyl (C=O) groups excluding carboxylic acids is 1.